The maximum Gasteiger partial charge on any atom is 0.267 e. The summed E-state index contributed by atoms with van der Waals surface area (Å²) in [5.74, 6) is 0.369. The number of thioether (sulfide) groups is 1. The number of carbonyl (C=O) groups excluding carboxylic acids is 2. The summed E-state index contributed by atoms with van der Waals surface area (Å²) in [6, 6.07) is 7.18. The summed E-state index contributed by atoms with van der Waals surface area (Å²) >= 11 is 1.22. The van der Waals surface area contributed by atoms with Gasteiger partial charge >= 0.3 is 0 Å². The fourth-order valence-electron chi connectivity index (χ4n) is 2.44. The summed E-state index contributed by atoms with van der Waals surface area (Å²) in [6.45, 7) is 2.38. The lowest BCUT2D eigenvalue weighted by Crippen LogP contribution is -2.32. The molecule has 23 heavy (non-hydrogen) atoms. The summed E-state index contributed by atoms with van der Waals surface area (Å²) in [7, 11) is 1.54. The molecule has 124 valence electrons. The zero-order valence-electron chi connectivity index (χ0n) is 13.4. The van der Waals surface area contributed by atoms with Crippen molar-refractivity contribution >= 4 is 29.1 Å². The van der Waals surface area contributed by atoms with Gasteiger partial charge in [0, 0.05) is 17.9 Å². The lowest BCUT2D eigenvalue weighted by Gasteiger charge is -2.14. The third-order valence-electron chi connectivity index (χ3n) is 3.57. The van der Waals surface area contributed by atoms with E-state index in [0.29, 0.717) is 34.1 Å². The van der Waals surface area contributed by atoms with Gasteiger partial charge < -0.3 is 9.84 Å². The number of carbonyl (C=O) groups is 2. The lowest BCUT2D eigenvalue weighted by molar-refractivity contribution is -0.136. The van der Waals surface area contributed by atoms with Crippen LogP contribution < -0.4 is 4.74 Å². The second kappa shape index (κ2) is 8.17. The van der Waals surface area contributed by atoms with Gasteiger partial charge in [0.15, 0.2) is 0 Å². The van der Waals surface area contributed by atoms with E-state index in [9.17, 15) is 9.59 Å². The maximum absolute atomic E-state index is 12.8. The van der Waals surface area contributed by atoms with Gasteiger partial charge in [0.25, 0.3) is 11.8 Å². The minimum Gasteiger partial charge on any atom is -0.496 e. The Morgan fingerprint density at radius 1 is 1.22 bits per heavy atom. The zero-order chi connectivity index (χ0) is 16.8. The monoisotopic (exact) mass is 335 g/mol. The first-order chi connectivity index (χ1) is 11.2. The summed E-state index contributed by atoms with van der Waals surface area (Å²) in [4.78, 5) is 27.1. The number of hydrogen-bond acceptors (Lipinski definition) is 5. The third kappa shape index (κ3) is 3.59. The van der Waals surface area contributed by atoms with Crippen LogP contribution in [0.1, 0.15) is 25.3 Å². The summed E-state index contributed by atoms with van der Waals surface area (Å²) in [5.41, 5.74) is 0.995. The van der Waals surface area contributed by atoms with Crippen LogP contribution in [0.25, 0.3) is 5.57 Å². The van der Waals surface area contributed by atoms with Gasteiger partial charge in [0.1, 0.15) is 5.75 Å². The molecule has 0 aliphatic carbocycles. The molecule has 0 saturated carbocycles. The first-order valence-electron chi connectivity index (χ1n) is 7.63. The van der Waals surface area contributed by atoms with Crippen LogP contribution in [0.15, 0.2) is 29.2 Å². The molecule has 1 aromatic carbocycles. The molecule has 6 heteroatoms. The number of hydrogen-bond donors (Lipinski definition) is 1. The SMILES string of the molecule is CCCCN1C(=O)C(SCCO)=C(c2ccccc2OC)C1=O. The van der Waals surface area contributed by atoms with Crippen molar-refractivity contribution in [1.82, 2.24) is 4.90 Å². The number of aliphatic hydroxyl groups is 1. The number of para-hydroxylation sites is 1. The van der Waals surface area contributed by atoms with Crippen LogP contribution in [0.2, 0.25) is 0 Å². The molecule has 2 amide bonds. The molecule has 0 atom stereocenters. The molecule has 1 N–H and O–H groups in total. The first kappa shape index (κ1) is 17.6. The number of imide groups is 1. The lowest BCUT2D eigenvalue weighted by atomic mass is 10.1. The molecule has 1 aliphatic rings. The third-order valence-corrected chi connectivity index (χ3v) is 4.63. The van der Waals surface area contributed by atoms with Crippen molar-refractivity contribution in [2.75, 3.05) is 26.0 Å². The molecule has 0 radical (unpaired) electrons. The molecule has 1 aliphatic heterocycles. The normalized spacial score (nSPS) is 14.8. The van der Waals surface area contributed by atoms with Crippen molar-refractivity contribution in [2.45, 2.75) is 19.8 Å². The van der Waals surface area contributed by atoms with Crippen molar-refractivity contribution in [2.24, 2.45) is 0 Å². The summed E-state index contributed by atoms with van der Waals surface area (Å²) in [5, 5.41) is 9.07. The van der Waals surface area contributed by atoms with Gasteiger partial charge in [-0.15, -0.1) is 11.8 Å². The highest BCUT2D eigenvalue weighted by atomic mass is 32.2. The van der Waals surface area contributed by atoms with E-state index in [0.717, 1.165) is 12.8 Å². The summed E-state index contributed by atoms with van der Waals surface area (Å²) in [6.07, 6.45) is 1.68. The van der Waals surface area contributed by atoms with E-state index < -0.39 is 0 Å². The molecule has 0 bridgehead atoms. The molecule has 1 heterocycles. The van der Waals surface area contributed by atoms with E-state index in [1.165, 1.54) is 23.8 Å². The minimum absolute atomic E-state index is 0.0518. The molecular formula is C17H21NO4S. The van der Waals surface area contributed by atoms with Crippen LogP contribution in [-0.4, -0.2) is 47.8 Å². The number of unbranched alkanes of at least 4 members (excludes halogenated alkanes) is 1. The molecule has 0 fully saturated rings. The largest absolute Gasteiger partial charge is 0.496 e. The predicted molar refractivity (Wildman–Crippen MR) is 91.1 cm³/mol. The van der Waals surface area contributed by atoms with Gasteiger partial charge in [-0.25, -0.2) is 0 Å². The fraction of sp³-hybridized carbons (Fsp3) is 0.412. The van der Waals surface area contributed by atoms with E-state index in [1.807, 2.05) is 19.1 Å². The Balaban J connectivity index is 2.46. The van der Waals surface area contributed by atoms with Crippen molar-refractivity contribution in [1.29, 1.82) is 0 Å². The van der Waals surface area contributed by atoms with Crippen LogP contribution in [0.4, 0.5) is 0 Å². The van der Waals surface area contributed by atoms with Gasteiger partial charge in [-0.1, -0.05) is 31.5 Å². The maximum atomic E-state index is 12.8. The van der Waals surface area contributed by atoms with Crippen molar-refractivity contribution in [3.63, 3.8) is 0 Å². The number of aliphatic hydroxyl groups excluding tert-OH is 1. The highest BCUT2D eigenvalue weighted by Gasteiger charge is 2.39. The molecule has 1 aromatic rings. The molecule has 5 nitrogen and oxygen atoms in total. The number of rotatable bonds is 8. The molecular weight excluding hydrogens is 314 g/mol. The second-order valence-corrected chi connectivity index (χ2v) is 6.20. The topological polar surface area (TPSA) is 66.8 Å². The Hall–Kier alpha value is -1.79. The van der Waals surface area contributed by atoms with Crippen molar-refractivity contribution < 1.29 is 19.4 Å². The van der Waals surface area contributed by atoms with Crippen LogP contribution >= 0.6 is 11.8 Å². The molecule has 0 unspecified atom stereocenters. The Bertz CT molecular complexity index is 627. The van der Waals surface area contributed by atoms with E-state index in [2.05, 4.69) is 0 Å². The van der Waals surface area contributed by atoms with E-state index >= 15 is 0 Å². The van der Waals surface area contributed by atoms with Crippen LogP contribution in [-0.2, 0) is 9.59 Å². The van der Waals surface area contributed by atoms with Crippen LogP contribution in [0, 0.1) is 0 Å². The second-order valence-electron chi connectivity index (χ2n) is 5.09. The Labute approximate surface area is 140 Å². The van der Waals surface area contributed by atoms with Gasteiger partial charge in [0.05, 0.1) is 24.2 Å². The minimum atomic E-state index is -0.284. The number of methoxy groups -OCH3 is 1. The Morgan fingerprint density at radius 3 is 2.61 bits per heavy atom. The molecule has 0 spiro atoms. The van der Waals surface area contributed by atoms with Crippen molar-refractivity contribution in [3.05, 3.63) is 34.7 Å². The number of benzene rings is 1. The highest BCUT2D eigenvalue weighted by molar-refractivity contribution is 8.04. The summed E-state index contributed by atoms with van der Waals surface area (Å²) < 4.78 is 5.34. The van der Waals surface area contributed by atoms with Gasteiger partial charge in [-0.2, -0.15) is 0 Å². The predicted octanol–water partition coefficient (Wildman–Crippen LogP) is 2.30. The average molecular weight is 335 g/mol. The molecule has 2 rings (SSSR count). The standard InChI is InChI=1S/C17H21NO4S/c1-3-4-9-18-16(20)14(15(17(18)21)23-11-10-19)12-7-5-6-8-13(12)22-2/h5-8,19H,3-4,9-11H2,1-2H3. The van der Waals surface area contributed by atoms with Crippen molar-refractivity contribution in [3.8, 4) is 5.75 Å². The smallest absolute Gasteiger partial charge is 0.267 e. The molecule has 0 saturated heterocycles. The van der Waals surface area contributed by atoms with E-state index in [4.69, 9.17) is 9.84 Å². The number of amides is 2. The Kier molecular flexibility index (Phi) is 6.24. The number of ether oxygens (including phenoxy) is 1. The Morgan fingerprint density at radius 2 is 1.96 bits per heavy atom. The fourth-order valence-corrected chi connectivity index (χ4v) is 3.31. The highest BCUT2D eigenvalue weighted by Crippen LogP contribution is 2.39. The van der Waals surface area contributed by atoms with E-state index in [1.54, 1.807) is 12.1 Å². The van der Waals surface area contributed by atoms with Crippen LogP contribution in [0.3, 0.4) is 0 Å². The van der Waals surface area contributed by atoms with E-state index in [-0.39, 0.29) is 18.4 Å². The zero-order valence-corrected chi connectivity index (χ0v) is 14.2. The van der Waals surface area contributed by atoms with Gasteiger partial charge in [0.2, 0.25) is 0 Å². The number of nitrogens with zero attached hydrogens (tertiary/aromatic N) is 1. The molecule has 0 aromatic heterocycles. The average Bonchev–Trinajstić information content (AvgIpc) is 2.81. The van der Waals surface area contributed by atoms with Crippen LogP contribution in [0.5, 0.6) is 5.75 Å². The quantitative estimate of drug-likeness (QED) is 0.739. The van der Waals surface area contributed by atoms with Gasteiger partial charge in [-0.3, -0.25) is 14.5 Å². The van der Waals surface area contributed by atoms with Gasteiger partial charge in [-0.05, 0) is 12.5 Å². The first-order valence-corrected chi connectivity index (χ1v) is 8.61.